The molecule has 0 aliphatic rings. The number of unbranched alkanes of at least 4 members (excludes halogenated alkanes) is 2. The highest BCUT2D eigenvalue weighted by Gasteiger charge is 2.20. The summed E-state index contributed by atoms with van der Waals surface area (Å²) < 4.78 is 12.9. The lowest BCUT2D eigenvalue weighted by Crippen LogP contribution is -2.22. The molecule has 0 radical (unpaired) electrons. The molecule has 0 rings (SSSR count). The predicted molar refractivity (Wildman–Crippen MR) is 48.0 cm³/mol. The predicted octanol–water partition coefficient (Wildman–Crippen LogP) is 2.71. The average Bonchev–Trinajstić information content (AvgIpc) is 1.89. The van der Waals surface area contributed by atoms with Crippen molar-refractivity contribution < 1.29 is 9.50 Å². The minimum atomic E-state index is -1.35. The third-order valence-electron chi connectivity index (χ3n) is 1.63. The summed E-state index contributed by atoms with van der Waals surface area (Å²) >= 11 is 0. The van der Waals surface area contributed by atoms with Gasteiger partial charge in [-0.15, -0.1) is 12.4 Å². The Labute approximate surface area is 74.4 Å². The van der Waals surface area contributed by atoms with E-state index in [1.807, 2.05) is 0 Å². The maximum absolute atomic E-state index is 12.9. The summed E-state index contributed by atoms with van der Waals surface area (Å²) in [5.41, 5.74) is -1.35. The molecule has 0 spiro atoms. The summed E-state index contributed by atoms with van der Waals surface area (Å²) in [4.78, 5) is 0. The fourth-order valence-electron chi connectivity index (χ4n) is 0.823. The van der Waals surface area contributed by atoms with Crippen molar-refractivity contribution in [1.29, 1.82) is 0 Å². The summed E-state index contributed by atoms with van der Waals surface area (Å²) in [6.45, 7) is 3.17. The van der Waals surface area contributed by atoms with E-state index in [1.54, 1.807) is 0 Å². The van der Waals surface area contributed by atoms with Gasteiger partial charge in [-0.25, -0.2) is 4.39 Å². The number of hydrogen-bond donors (Lipinski definition) is 1. The Morgan fingerprint density at radius 2 is 1.91 bits per heavy atom. The van der Waals surface area contributed by atoms with E-state index in [0.29, 0.717) is 6.42 Å². The molecular formula is C8H18ClFO. The second kappa shape index (κ2) is 6.86. The van der Waals surface area contributed by atoms with Crippen LogP contribution in [0.1, 0.15) is 39.5 Å². The Balaban J connectivity index is 0. The molecule has 0 aromatic rings. The number of aliphatic hydroxyl groups is 1. The fraction of sp³-hybridized carbons (Fsp3) is 1.00. The van der Waals surface area contributed by atoms with Crippen LogP contribution in [0.3, 0.4) is 0 Å². The first-order valence-corrected chi connectivity index (χ1v) is 3.92. The normalized spacial score (nSPS) is 15.3. The summed E-state index contributed by atoms with van der Waals surface area (Å²) in [6, 6.07) is 0. The number of hydrogen-bond acceptors (Lipinski definition) is 1. The van der Waals surface area contributed by atoms with Crippen LogP contribution in [0.15, 0.2) is 0 Å². The van der Waals surface area contributed by atoms with Gasteiger partial charge in [0, 0.05) is 0 Å². The van der Waals surface area contributed by atoms with Crippen LogP contribution in [-0.2, 0) is 0 Å². The Morgan fingerprint density at radius 1 is 1.36 bits per heavy atom. The van der Waals surface area contributed by atoms with E-state index in [0.717, 1.165) is 19.3 Å². The van der Waals surface area contributed by atoms with Gasteiger partial charge in [0.15, 0.2) is 0 Å². The van der Waals surface area contributed by atoms with Crippen molar-refractivity contribution in [2.75, 3.05) is 6.61 Å². The first-order chi connectivity index (χ1) is 4.62. The summed E-state index contributed by atoms with van der Waals surface area (Å²) in [5, 5.41) is 8.52. The molecule has 11 heavy (non-hydrogen) atoms. The SMILES string of the molecule is CCCCCC(C)(F)CO.Cl. The standard InChI is InChI=1S/C8H17FO.ClH/c1-3-4-5-6-8(2,9)7-10;/h10H,3-7H2,1-2H3;1H. The van der Waals surface area contributed by atoms with Gasteiger partial charge < -0.3 is 5.11 Å². The molecule has 3 heteroatoms. The molecule has 0 saturated carbocycles. The van der Waals surface area contributed by atoms with Crippen molar-refractivity contribution in [2.24, 2.45) is 0 Å². The quantitative estimate of drug-likeness (QED) is 0.652. The first-order valence-electron chi connectivity index (χ1n) is 3.92. The van der Waals surface area contributed by atoms with E-state index < -0.39 is 5.67 Å². The third kappa shape index (κ3) is 8.08. The van der Waals surface area contributed by atoms with Gasteiger partial charge in [-0.05, 0) is 13.3 Å². The molecule has 0 amide bonds. The van der Waals surface area contributed by atoms with Gasteiger partial charge in [-0.3, -0.25) is 0 Å². The summed E-state index contributed by atoms with van der Waals surface area (Å²) in [7, 11) is 0. The monoisotopic (exact) mass is 184 g/mol. The van der Waals surface area contributed by atoms with Crippen LogP contribution in [-0.4, -0.2) is 17.4 Å². The molecule has 0 aliphatic heterocycles. The minimum Gasteiger partial charge on any atom is -0.393 e. The summed E-state index contributed by atoms with van der Waals surface area (Å²) in [6.07, 6.45) is 3.52. The zero-order chi connectivity index (χ0) is 8.04. The Bertz CT molecular complexity index is 86.2. The lowest BCUT2D eigenvalue weighted by Gasteiger charge is -2.15. The second-order valence-corrected chi connectivity index (χ2v) is 3.03. The van der Waals surface area contributed by atoms with Gasteiger partial charge in [0.2, 0.25) is 0 Å². The van der Waals surface area contributed by atoms with E-state index >= 15 is 0 Å². The van der Waals surface area contributed by atoms with Crippen molar-refractivity contribution in [3.63, 3.8) is 0 Å². The Morgan fingerprint density at radius 3 is 2.27 bits per heavy atom. The summed E-state index contributed by atoms with van der Waals surface area (Å²) in [5.74, 6) is 0. The lowest BCUT2D eigenvalue weighted by molar-refractivity contribution is 0.0774. The zero-order valence-corrected chi connectivity index (χ0v) is 8.09. The Kier molecular flexibility index (Phi) is 8.58. The highest BCUT2D eigenvalue weighted by Crippen LogP contribution is 2.17. The van der Waals surface area contributed by atoms with E-state index in [-0.39, 0.29) is 19.0 Å². The molecule has 0 aromatic heterocycles. The molecule has 0 fully saturated rings. The van der Waals surface area contributed by atoms with Crippen LogP contribution in [0.5, 0.6) is 0 Å². The van der Waals surface area contributed by atoms with Gasteiger partial charge in [0.1, 0.15) is 5.67 Å². The first kappa shape index (κ1) is 13.7. The van der Waals surface area contributed by atoms with Gasteiger partial charge in [-0.1, -0.05) is 26.2 Å². The molecule has 1 atom stereocenters. The molecule has 0 saturated heterocycles. The molecule has 0 aromatic carbocycles. The average molecular weight is 185 g/mol. The van der Waals surface area contributed by atoms with Gasteiger partial charge >= 0.3 is 0 Å². The van der Waals surface area contributed by atoms with Gasteiger partial charge in [0.25, 0.3) is 0 Å². The molecular weight excluding hydrogens is 167 g/mol. The maximum atomic E-state index is 12.9. The number of halogens is 2. The molecule has 0 heterocycles. The molecule has 1 nitrogen and oxygen atoms in total. The van der Waals surface area contributed by atoms with E-state index in [1.165, 1.54) is 6.92 Å². The fourth-order valence-corrected chi connectivity index (χ4v) is 0.823. The van der Waals surface area contributed by atoms with Crippen LogP contribution in [0, 0.1) is 0 Å². The van der Waals surface area contributed by atoms with E-state index in [2.05, 4.69) is 6.92 Å². The maximum Gasteiger partial charge on any atom is 0.131 e. The zero-order valence-electron chi connectivity index (χ0n) is 7.27. The smallest absolute Gasteiger partial charge is 0.131 e. The van der Waals surface area contributed by atoms with Gasteiger partial charge in [0.05, 0.1) is 6.61 Å². The van der Waals surface area contributed by atoms with Crippen molar-refractivity contribution in [1.82, 2.24) is 0 Å². The molecule has 0 aliphatic carbocycles. The largest absolute Gasteiger partial charge is 0.393 e. The minimum absolute atomic E-state index is 0. The van der Waals surface area contributed by atoms with Crippen LogP contribution in [0.2, 0.25) is 0 Å². The number of alkyl halides is 1. The molecule has 1 N–H and O–H groups in total. The van der Waals surface area contributed by atoms with Crippen molar-refractivity contribution >= 4 is 12.4 Å². The third-order valence-corrected chi connectivity index (χ3v) is 1.63. The van der Waals surface area contributed by atoms with Crippen LogP contribution >= 0.6 is 12.4 Å². The highest BCUT2D eigenvalue weighted by molar-refractivity contribution is 5.85. The molecule has 1 unspecified atom stereocenters. The number of aliphatic hydroxyl groups excluding tert-OH is 1. The van der Waals surface area contributed by atoms with E-state index in [4.69, 9.17) is 5.11 Å². The number of rotatable bonds is 5. The van der Waals surface area contributed by atoms with Gasteiger partial charge in [-0.2, -0.15) is 0 Å². The second-order valence-electron chi connectivity index (χ2n) is 3.03. The molecule has 70 valence electrons. The Hall–Kier alpha value is 0.180. The van der Waals surface area contributed by atoms with E-state index in [9.17, 15) is 4.39 Å². The van der Waals surface area contributed by atoms with Crippen LogP contribution < -0.4 is 0 Å². The van der Waals surface area contributed by atoms with Crippen molar-refractivity contribution in [2.45, 2.75) is 45.2 Å². The van der Waals surface area contributed by atoms with Crippen LogP contribution in [0.4, 0.5) is 4.39 Å². The lowest BCUT2D eigenvalue weighted by atomic mass is 10.0. The topological polar surface area (TPSA) is 20.2 Å². The van der Waals surface area contributed by atoms with Crippen molar-refractivity contribution in [3.05, 3.63) is 0 Å². The van der Waals surface area contributed by atoms with Crippen LogP contribution in [0.25, 0.3) is 0 Å². The van der Waals surface area contributed by atoms with Crippen molar-refractivity contribution in [3.8, 4) is 0 Å². The highest BCUT2D eigenvalue weighted by atomic mass is 35.5. The molecule has 0 bridgehead atoms.